The molecule has 2 aromatic rings. The van der Waals surface area contributed by atoms with E-state index < -0.39 is 24.2 Å². The minimum Gasteiger partial charge on any atom is -0.488 e. The topological polar surface area (TPSA) is 53.7 Å². The van der Waals surface area contributed by atoms with Crippen molar-refractivity contribution in [3.63, 3.8) is 0 Å². The lowest BCUT2D eigenvalue weighted by Crippen LogP contribution is -2.19. The third-order valence-corrected chi connectivity index (χ3v) is 2.97. The van der Waals surface area contributed by atoms with Gasteiger partial charge < -0.3 is 19.9 Å². The van der Waals surface area contributed by atoms with Gasteiger partial charge in [-0.3, -0.25) is 0 Å². The summed E-state index contributed by atoms with van der Waals surface area (Å²) < 4.78 is 88.2. The van der Waals surface area contributed by atoms with Crippen LogP contribution in [0.15, 0.2) is 42.5 Å². The van der Waals surface area contributed by atoms with Crippen LogP contribution >= 0.6 is 12.4 Å². The molecule has 0 aromatic heterocycles. The lowest BCUT2D eigenvalue weighted by atomic mass is 10.0. The maximum atomic E-state index is 12.6. The Kier molecular flexibility index (Phi) is 7.61. The lowest BCUT2D eigenvalue weighted by molar-refractivity contribution is -0.275. The number of alkyl halides is 6. The second-order valence-electron chi connectivity index (χ2n) is 4.89. The summed E-state index contributed by atoms with van der Waals surface area (Å²) in [6, 6.07) is 8.39. The standard InChI is InChI=1S/C16H13F6NO3.ClH/c17-15(18,19)25-12-4-2-1-3-11(12)10-5-6-13(24-8-7-23)14(9-10)26-16(20,21)22;/h1-6,9H,7-8,23H2;1H. The molecule has 0 spiro atoms. The van der Waals surface area contributed by atoms with Gasteiger partial charge in [0.05, 0.1) is 0 Å². The number of hydrogen-bond acceptors (Lipinski definition) is 4. The molecule has 11 heteroatoms. The van der Waals surface area contributed by atoms with Crippen molar-refractivity contribution >= 4 is 12.4 Å². The van der Waals surface area contributed by atoms with Crippen LogP contribution in [0.25, 0.3) is 11.1 Å². The highest BCUT2D eigenvalue weighted by atomic mass is 35.5. The number of hydrogen-bond donors (Lipinski definition) is 1. The summed E-state index contributed by atoms with van der Waals surface area (Å²) in [5.74, 6) is -1.51. The predicted molar refractivity (Wildman–Crippen MR) is 87.0 cm³/mol. The van der Waals surface area contributed by atoms with Gasteiger partial charge in [0, 0.05) is 12.1 Å². The third-order valence-electron chi connectivity index (χ3n) is 2.97. The molecule has 0 saturated heterocycles. The molecule has 0 bridgehead atoms. The summed E-state index contributed by atoms with van der Waals surface area (Å²) in [7, 11) is 0. The number of halogens is 7. The maximum Gasteiger partial charge on any atom is 0.573 e. The highest BCUT2D eigenvalue weighted by molar-refractivity contribution is 5.85. The van der Waals surface area contributed by atoms with E-state index in [1.165, 1.54) is 24.3 Å². The molecule has 150 valence electrons. The Balaban J connectivity index is 0.00000364. The zero-order valence-corrected chi connectivity index (χ0v) is 14.3. The summed E-state index contributed by atoms with van der Waals surface area (Å²) >= 11 is 0. The third kappa shape index (κ3) is 7.06. The monoisotopic (exact) mass is 417 g/mol. The largest absolute Gasteiger partial charge is 0.573 e. The molecule has 0 amide bonds. The molecule has 0 aliphatic rings. The first kappa shape index (κ1) is 22.7. The van der Waals surface area contributed by atoms with E-state index in [1.807, 2.05) is 0 Å². The SMILES string of the molecule is Cl.NCCOc1ccc(-c2ccccc2OC(F)(F)F)cc1OC(F)(F)F. The number of ether oxygens (including phenoxy) is 3. The van der Waals surface area contributed by atoms with Crippen LogP contribution in [0.5, 0.6) is 17.2 Å². The van der Waals surface area contributed by atoms with Crippen molar-refractivity contribution in [1.29, 1.82) is 0 Å². The Morgan fingerprint density at radius 3 is 1.96 bits per heavy atom. The maximum absolute atomic E-state index is 12.6. The van der Waals surface area contributed by atoms with Crippen molar-refractivity contribution in [1.82, 2.24) is 0 Å². The van der Waals surface area contributed by atoms with E-state index in [0.717, 1.165) is 18.2 Å². The summed E-state index contributed by atoms with van der Waals surface area (Å²) in [4.78, 5) is 0. The first-order chi connectivity index (χ1) is 12.1. The molecule has 0 atom stereocenters. The van der Waals surface area contributed by atoms with Crippen molar-refractivity contribution in [2.45, 2.75) is 12.7 Å². The Bertz CT molecular complexity index is 752. The van der Waals surface area contributed by atoms with Crippen LogP contribution in [0, 0.1) is 0 Å². The quantitative estimate of drug-likeness (QED) is 0.679. The number of para-hydroxylation sites is 1. The molecule has 2 rings (SSSR count). The molecule has 0 aliphatic heterocycles. The van der Waals surface area contributed by atoms with E-state index in [4.69, 9.17) is 10.5 Å². The van der Waals surface area contributed by atoms with Gasteiger partial charge in [0.25, 0.3) is 0 Å². The number of nitrogens with two attached hydrogens (primary N) is 1. The van der Waals surface area contributed by atoms with E-state index in [2.05, 4.69) is 9.47 Å². The Hall–Kier alpha value is -2.33. The average Bonchev–Trinajstić information content (AvgIpc) is 2.51. The van der Waals surface area contributed by atoms with Gasteiger partial charge in [-0.1, -0.05) is 24.3 Å². The van der Waals surface area contributed by atoms with Crippen molar-refractivity contribution in [3.05, 3.63) is 42.5 Å². The normalized spacial score (nSPS) is 11.5. The fourth-order valence-electron chi connectivity index (χ4n) is 2.09. The van der Waals surface area contributed by atoms with Crippen LogP contribution in [0.1, 0.15) is 0 Å². The van der Waals surface area contributed by atoms with Crippen LogP contribution < -0.4 is 19.9 Å². The predicted octanol–water partition coefficient (Wildman–Crippen LogP) is 4.91. The molecule has 0 heterocycles. The Morgan fingerprint density at radius 1 is 0.778 bits per heavy atom. The van der Waals surface area contributed by atoms with Gasteiger partial charge in [-0.2, -0.15) is 0 Å². The summed E-state index contributed by atoms with van der Waals surface area (Å²) in [5, 5.41) is 0. The summed E-state index contributed by atoms with van der Waals surface area (Å²) in [6.07, 6.45) is -9.97. The molecular formula is C16H14ClF6NO3. The molecule has 2 aromatic carbocycles. The fourth-order valence-corrected chi connectivity index (χ4v) is 2.09. The van der Waals surface area contributed by atoms with E-state index >= 15 is 0 Å². The zero-order valence-electron chi connectivity index (χ0n) is 13.4. The van der Waals surface area contributed by atoms with Gasteiger partial charge in [0.15, 0.2) is 11.5 Å². The first-order valence-corrected chi connectivity index (χ1v) is 7.17. The molecule has 27 heavy (non-hydrogen) atoms. The molecule has 0 aliphatic carbocycles. The number of benzene rings is 2. The summed E-state index contributed by atoms with van der Waals surface area (Å²) in [6.45, 7) is -0.0171. The second kappa shape index (κ2) is 9.05. The van der Waals surface area contributed by atoms with Gasteiger partial charge in [-0.15, -0.1) is 38.7 Å². The zero-order chi connectivity index (χ0) is 19.4. The van der Waals surface area contributed by atoms with Crippen LogP contribution in [-0.2, 0) is 0 Å². The van der Waals surface area contributed by atoms with E-state index in [9.17, 15) is 26.3 Å². The minimum absolute atomic E-state index is 0. The van der Waals surface area contributed by atoms with Crippen molar-refractivity contribution < 1.29 is 40.6 Å². The van der Waals surface area contributed by atoms with Gasteiger partial charge in [0.2, 0.25) is 0 Å². The smallest absolute Gasteiger partial charge is 0.488 e. The van der Waals surface area contributed by atoms with Crippen LogP contribution in [0.2, 0.25) is 0 Å². The summed E-state index contributed by atoms with van der Waals surface area (Å²) in [5.41, 5.74) is 5.19. The van der Waals surface area contributed by atoms with Crippen LogP contribution in [0.3, 0.4) is 0 Å². The van der Waals surface area contributed by atoms with Crippen LogP contribution in [-0.4, -0.2) is 25.9 Å². The average molecular weight is 418 g/mol. The highest BCUT2D eigenvalue weighted by Crippen LogP contribution is 2.39. The highest BCUT2D eigenvalue weighted by Gasteiger charge is 2.34. The second-order valence-corrected chi connectivity index (χ2v) is 4.89. The fraction of sp³-hybridized carbons (Fsp3) is 0.250. The number of rotatable bonds is 6. The lowest BCUT2D eigenvalue weighted by Gasteiger charge is -2.17. The molecule has 0 saturated carbocycles. The van der Waals surface area contributed by atoms with E-state index in [1.54, 1.807) is 0 Å². The molecule has 4 nitrogen and oxygen atoms in total. The molecule has 2 N–H and O–H groups in total. The molecular weight excluding hydrogens is 404 g/mol. The minimum atomic E-state index is -5.01. The molecule has 0 fully saturated rings. The van der Waals surface area contributed by atoms with Gasteiger partial charge in [-0.05, 0) is 23.8 Å². The molecule has 0 unspecified atom stereocenters. The van der Waals surface area contributed by atoms with Crippen molar-refractivity contribution in [2.24, 2.45) is 5.73 Å². The van der Waals surface area contributed by atoms with Crippen LogP contribution in [0.4, 0.5) is 26.3 Å². The van der Waals surface area contributed by atoms with Gasteiger partial charge in [0.1, 0.15) is 12.4 Å². The van der Waals surface area contributed by atoms with Crippen molar-refractivity contribution in [3.8, 4) is 28.4 Å². The van der Waals surface area contributed by atoms with Gasteiger partial charge in [-0.25, -0.2) is 0 Å². The van der Waals surface area contributed by atoms with Crippen molar-refractivity contribution in [2.75, 3.05) is 13.2 Å². The molecule has 0 radical (unpaired) electrons. The van der Waals surface area contributed by atoms with E-state index in [0.29, 0.717) is 0 Å². The van der Waals surface area contributed by atoms with E-state index in [-0.39, 0.29) is 42.4 Å². The first-order valence-electron chi connectivity index (χ1n) is 7.17. The Morgan fingerprint density at radius 2 is 1.37 bits per heavy atom. The van der Waals surface area contributed by atoms with Gasteiger partial charge >= 0.3 is 12.7 Å². The Labute approximate surface area is 156 Å².